The summed E-state index contributed by atoms with van der Waals surface area (Å²) in [5.74, 6) is 0.311. The normalized spacial score (nSPS) is 14.0. The average molecular weight is 537 g/mol. The minimum atomic E-state index is -0.555. The molecule has 40 heavy (non-hydrogen) atoms. The summed E-state index contributed by atoms with van der Waals surface area (Å²) >= 11 is 0. The molecule has 0 radical (unpaired) electrons. The molecule has 2 N–H and O–H groups in total. The molecule has 0 spiro atoms. The van der Waals surface area contributed by atoms with E-state index in [-0.39, 0.29) is 29.6 Å². The number of carbonyl (C=O) groups is 1. The van der Waals surface area contributed by atoms with Crippen LogP contribution in [-0.4, -0.2) is 12.6 Å². The molecule has 7 nitrogen and oxygen atoms in total. The van der Waals surface area contributed by atoms with Crippen LogP contribution in [0.2, 0.25) is 0 Å². The average Bonchev–Trinajstić information content (AvgIpc) is 2.96. The first kappa shape index (κ1) is 26.3. The van der Waals surface area contributed by atoms with Gasteiger partial charge in [0, 0.05) is 17.2 Å². The molecule has 1 aliphatic heterocycles. The smallest absolute Gasteiger partial charge is 0.343 e. The Labute approximate surface area is 230 Å². The van der Waals surface area contributed by atoms with Gasteiger partial charge in [0.25, 0.3) is 0 Å². The van der Waals surface area contributed by atoms with E-state index in [2.05, 4.69) is 6.07 Å². The first-order valence-electron chi connectivity index (χ1n) is 12.6. The van der Waals surface area contributed by atoms with Crippen molar-refractivity contribution >= 4 is 5.97 Å². The van der Waals surface area contributed by atoms with Crippen molar-refractivity contribution in [3.63, 3.8) is 0 Å². The van der Waals surface area contributed by atoms with Crippen molar-refractivity contribution < 1.29 is 28.1 Å². The molecule has 4 aromatic carbocycles. The molecule has 0 saturated carbocycles. The molecule has 5 rings (SSSR count). The van der Waals surface area contributed by atoms with Gasteiger partial charge in [-0.15, -0.1) is 0 Å². The van der Waals surface area contributed by atoms with Gasteiger partial charge in [0.15, 0.2) is 0 Å². The van der Waals surface area contributed by atoms with Gasteiger partial charge in [-0.05, 0) is 55.0 Å². The third kappa shape index (κ3) is 5.59. The third-order valence-corrected chi connectivity index (χ3v) is 6.35. The number of halogens is 1. The first-order chi connectivity index (χ1) is 19.5. The molecule has 4 aromatic rings. The van der Waals surface area contributed by atoms with Crippen LogP contribution in [-0.2, 0) is 6.61 Å². The lowest BCUT2D eigenvalue weighted by Crippen LogP contribution is -2.21. The van der Waals surface area contributed by atoms with Gasteiger partial charge in [0.1, 0.15) is 47.1 Å². The second-order valence-electron chi connectivity index (χ2n) is 8.92. The zero-order valence-corrected chi connectivity index (χ0v) is 21.6. The predicted octanol–water partition coefficient (Wildman–Crippen LogP) is 6.24. The summed E-state index contributed by atoms with van der Waals surface area (Å²) < 4.78 is 36.4. The van der Waals surface area contributed by atoms with Gasteiger partial charge < -0.3 is 24.7 Å². The van der Waals surface area contributed by atoms with Gasteiger partial charge >= 0.3 is 5.97 Å². The largest absolute Gasteiger partial charge is 0.494 e. The predicted molar refractivity (Wildman–Crippen MR) is 145 cm³/mol. The molecule has 1 aliphatic rings. The van der Waals surface area contributed by atoms with Gasteiger partial charge in [-0.2, -0.15) is 5.26 Å². The van der Waals surface area contributed by atoms with Crippen molar-refractivity contribution in [2.24, 2.45) is 5.73 Å². The van der Waals surface area contributed by atoms with E-state index in [0.29, 0.717) is 40.5 Å². The SMILES string of the molecule is CCOc1cccc(C(=O)Oc2ccc3c(c2)OC(N)=C(C#N)C3c2ccc(OCc3ccccc3F)cc2)c1. The lowest BCUT2D eigenvalue weighted by molar-refractivity contribution is 0.0734. The Morgan fingerprint density at radius 1 is 0.950 bits per heavy atom. The van der Waals surface area contributed by atoms with Crippen LogP contribution >= 0.6 is 0 Å². The van der Waals surface area contributed by atoms with Gasteiger partial charge in [0.05, 0.1) is 18.1 Å². The van der Waals surface area contributed by atoms with Crippen molar-refractivity contribution in [3.8, 4) is 29.1 Å². The number of esters is 1. The van der Waals surface area contributed by atoms with Gasteiger partial charge in [0.2, 0.25) is 5.88 Å². The number of rotatable bonds is 8. The van der Waals surface area contributed by atoms with Crippen molar-refractivity contribution in [3.05, 3.63) is 131 Å². The molecule has 200 valence electrons. The summed E-state index contributed by atoms with van der Waals surface area (Å²) in [6.07, 6.45) is 0. The second-order valence-corrected chi connectivity index (χ2v) is 8.92. The van der Waals surface area contributed by atoms with Crippen molar-refractivity contribution in [2.75, 3.05) is 6.61 Å². The molecule has 0 bridgehead atoms. The summed E-state index contributed by atoms with van der Waals surface area (Å²) in [7, 11) is 0. The Hall–Kier alpha value is -5.29. The standard InChI is InChI=1S/C32H25FN2O5/c1-2-37-24-8-5-7-21(16-24)32(36)39-25-14-15-26-29(17-25)40-31(35)27(18-34)30(26)20-10-12-23(13-11-20)38-19-22-6-3-4-9-28(22)33/h3-17,30H,2,19,35H2,1H3. The van der Waals surface area contributed by atoms with Gasteiger partial charge in [-0.25, -0.2) is 9.18 Å². The topological polar surface area (TPSA) is 104 Å². The van der Waals surface area contributed by atoms with Crippen LogP contribution in [0, 0.1) is 17.1 Å². The fraction of sp³-hybridized carbons (Fsp3) is 0.125. The van der Waals surface area contributed by atoms with E-state index in [1.807, 2.05) is 19.1 Å². The lowest BCUT2D eigenvalue weighted by Gasteiger charge is -2.26. The maximum Gasteiger partial charge on any atom is 0.343 e. The van der Waals surface area contributed by atoms with Crippen LogP contribution in [0.25, 0.3) is 0 Å². The number of allylic oxidation sites excluding steroid dienone is 1. The summed E-state index contributed by atoms with van der Waals surface area (Å²) in [6, 6.07) is 27.4. The summed E-state index contributed by atoms with van der Waals surface area (Å²) in [6.45, 7) is 2.42. The van der Waals surface area contributed by atoms with E-state index in [1.165, 1.54) is 6.07 Å². The number of hydrogen-bond donors (Lipinski definition) is 1. The monoisotopic (exact) mass is 536 g/mol. The van der Waals surface area contributed by atoms with Crippen LogP contribution in [0.3, 0.4) is 0 Å². The van der Waals surface area contributed by atoms with E-state index in [4.69, 9.17) is 24.7 Å². The molecule has 0 amide bonds. The molecular weight excluding hydrogens is 511 g/mol. The number of nitriles is 1. The van der Waals surface area contributed by atoms with Crippen LogP contribution in [0.4, 0.5) is 4.39 Å². The van der Waals surface area contributed by atoms with Crippen LogP contribution in [0.1, 0.15) is 39.9 Å². The molecule has 8 heteroatoms. The van der Waals surface area contributed by atoms with E-state index in [0.717, 1.165) is 5.56 Å². The lowest BCUT2D eigenvalue weighted by atomic mass is 9.83. The zero-order chi connectivity index (χ0) is 28.1. The Kier molecular flexibility index (Phi) is 7.65. The Morgan fingerprint density at radius 2 is 1.73 bits per heavy atom. The van der Waals surface area contributed by atoms with E-state index in [1.54, 1.807) is 72.8 Å². The highest BCUT2D eigenvalue weighted by Crippen LogP contribution is 2.43. The Balaban J connectivity index is 1.37. The molecule has 0 saturated heterocycles. The summed E-state index contributed by atoms with van der Waals surface area (Å²) in [5.41, 5.74) is 8.63. The van der Waals surface area contributed by atoms with E-state index < -0.39 is 11.9 Å². The van der Waals surface area contributed by atoms with E-state index in [9.17, 15) is 14.4 Å². The van der Waals surface area contributed by atoms with Crippen molar-refractivity contribution in [1.82, 2.24) is 0 Å². The fourth-order valence-corrected chi connectivity index (χ4v) is 4.42. The highest BCUT2D eigenvalue weighted by Gasteiger charge is 2.31. The number of fused-ring (bicyclic) bond motifs is 1. The molecule has 1 atom stereocenters. The third-order valence-electron chi connectivity index (χ3n) is 6.35. The number of carbonyl (C=O) groups excluding carboxylic acids is 1. The van der Waals surface area contributed by atoms with Crippen LogP contribution < -0.4 is 24.7 Å². The molecule has 1 unspecified atom stereocenters. The maximum atomic E-state index is 13.9. The summed E-state index contributed by atoms with van der Waals surface area (Å²) in [5, 5.41) is 9.86. The van der Waals surface area contributed by atoms with Gasteiger partial charge in [-0.1, -0.05) is 42.5 Å². The van der Waals surface area contributed by atoms with Crippen LogP contribution in [0.5, 0.6) is 23.0 Å². The van der Waals surface area contributed by atoms with Crippen molar-refractivity contribution in [2.45, 2.75) is 19.4 Å². The second kappa shape index (κ2) is 11.6. The zero-order valence-electron chi connectivity index (χ0n) is 21.6. The molecule has 0 aliphatic carbocycles. The molecule has 0 fully saturated rings. The summed E-state index contributed by atoms with van der Waals surface area (Å²) in [4.78, 5) is 12.8. The highest BCUT2D eigenvalue weighted by atomic mass is 19.1. The molecular formula is C32H25FN2O5. The van der Waals surface area contributed by atoms with Crippen molar-refractivity contribution in [1.29, 1.82) is 5.26 Å². The number of benzene rings is 4. The number of ether oxygens (including phenoxy) is 4. The fourth-order valence-electron chi connectivity index (χ4n) is 4.42. The Morgan fingerprint density at radius 3 is 2.48 bits per heavy atom. The Bertz CT molecular complexity index is 1630. The minimum absolute atomic E-state index is 0.0345. The first-order valence-corrected chi connectivity index (χ1v) is 12.6. The molecule has 1 heterocycles. The van der Waals surface area contributed by atoms with Gasteiger partial charge in [-0.3, -0.25) is 0 Å². The quantitative estimate of drug-likeness (QED) is 0.210. The maximum absolute atomic E-state index is 13.9. The van der Waals surface area contributed by atoms with E-state index >= 15 is 0 Å². The van der Waals surface area contributed by atoms with Crippen LogP contribution in [0.15, 0.2) is 102 Å². The number of hydrogen-bond acceptors (Lipinski definition) is 7. The molecule has 0 aromatic heterocycles. The highest BCUT2D eigenvalue weighted by molar-refractivity contribution is 5.91. The number of nitrogens with two attached hydrogens (primary N) is 1. The minimum Gasteiger partial charge on any atom is -0.494 e. The number of nitrogens with zero attached hydrogens (tertiary/aromatic N) is 1.